The quantitative estimate of drug-likeness (QED) is 0.833. The third-order valence-electron chi connectivity index (χ3n) is 3.33. The van der Waals surface area contributed by atoms with Crippen molar-refractivity contribution < 1.29 is 18.3 Å². The van der Waals surface area contributed by atoms with E-state index in [1.807, 2.05) is 0 Å². The summed E-state index contributed by atoms with van der Waals surface area (Å²) in [5.41, 5.74) is 0. The number of sulfone groups is 1. The highest BCUT2D eigenvalue weighted by molar-refractivity contribution is 7.90. The molecule has 0 saturated heterocycles. The molecule has 100 valence electrons. The first kappa shape index (κ1) is 13.0. The highest BCUT2D eigenvalue weighted by Gasteiger charge is 2.31. The van der Waals surface area contributed by atoms with Crippen LogP contribution in [-0.4, -0.2) is 40.5 Å². The second-order valence-electron chi connectivity index (χ2n) is 4.63. The van der Waals surface area contributed by atoms with Crippen molar-refractivity contribution in [2.45, 2.75) is 31.6 Å². The SMILES string of the molecule is CC(c1nnc2n1CC(C(=O)O)CC2)S(C)(=O)=O. The number of aryl methyl sites for hydroxylation is 1. The van der Waals surface area contributed by atoms with Crippen molar-refractivity contribution in [2.75, 3.05) is 6.26 Å². The summed E-state index contributed by atoms with van der Waals surface area (Å²) in [6.07, 6.45) is 2.16. The standard InChI is InChI=1S/C10H15N3O4S/c1-6(18(2,16)17)9-12-11-8-4-3-7(10(14)15)5-13(8)9/h6-7H,3-5H2,1-2H3,(H,14,15). The van der Waals surface area contributed by atoms with Crippen molar-refractivity contribution in [2.24, 2.45) is 5.92 Å². The molecule has 1 aliphatic heterocycles. The maximum Gasteiger partial charge on any atom is 0.308 e. The minimum Gasteiger partial charge on any atom is -0.481 e. The monoisotopic (exact) mass is 273 g/mol. The molecule has 0 bridgehead atoms. The van der Waals surface area contributed by atoms with E-state index in [0.29, 0.717) is 24.5 Å². The van der Waals surface area contributed by atoms with Crippen LogP contribution in [0.1, 0.15) is 30.2 Å². The van der Waals surface area contributed by atoms with Crippen LogP contribution in [0.5, 0.6) is 0 Å². The maximum atomic E-state index is 11.5. The number of hydrogen-bond donors (Lipinski definition) is 1. The van der Waals surface area contributed by atoms with Crippen LogP contribution in [0.2, 0.25) is 0 Å². The zero-order chi connectivity index (χ0) is 13.5. The van der Waals surface area contributed by atoms with E-state index in [4.69, 9.17) is 5.11 Å². The maximum absolute atomic E-state index is 11.5. The number of fused-ring (bicyclic) bond motifs is 1. The molecular weight excluding hydrogens is 258 g/mol. The highest BCUT2D eigenvalue weighted by Crippen LogP contribution is 2.26. The fourth-order valence-electron chi connectivity index (χ4n) is 2.04. The Morgan fingerprint density at radius 2 is 2.17 bits per heavy atom. The number of carboxylic acids is 1. The summed E-state index contributed by atoms with van der Waals surface area (Å²) in [5.74, 6) is -0.372. The van der Waals surface area contributed by atoms with Crippen molar-refractivity contribution in [3.05, 3.63) is 11.6 Å². The molecule has 0 aliphatic carbocycles. The minimum absolute atomic E-state index is 0.243. The van der Waals surface area contributed by atoms with E-state index in [-0.39, 0.29) is 6.54 Å². The fraction of sp³-hybridized carbons (Fsp3) is 0.700. The second-order valence-corrected chi connectivity index (χ2v) is 7.00. The van der Waals surface area contributed by atoms with E-state index in [9.17, 15) is 13.2 Å². The molecule has 1 N–H and O–H groups in total. The number of aromatic nitrogens is 3. The lowest BCUT2D eigenvalue weighted by Crippen LogP contribution is -2.28. The summed E-state index contributed by atoms with van der Waals surface area (Å²) in [6.45, 7) is 1.78. The highest BCUT2D eigenvalue weighted by atomic mass is 32.2. The summed E-state index contributed by atoms with van der Waals surface area (Å²) in [7, 11) is -3.27. The van der Waals surface area contributed by atoms with Crippen LogP contribution in [0.4, 0.5) is 0 Å². The van der Waals surface area contributed by atoms with Gasteiger partial charge in [-0.25, -0.2) is 8.42 Å². The number of aliphatic carboxylic acids is 1. The number of hydrogen-bond acceptors (Lipinski definition) is 5. The van der Waals surface area contributed by atoms with Gasteiger partial charge in [0.15, 0.2) is 15.7 Å². The molecule has 0 amide bonds. The van der Waals surface area contributed by atoms with Crippen molar-refractivity contribution >= 4 is 15.8 Å². The zero-order valence-corrected chi connectivity index (χ0v) is 11.0. The fourth-order valence-corrected chi connectivity index (χ4v) is 2.60. The zero-order valence-electron chi connectivity index (χ0n) is 10.2. The van der Waals surface area contributed by atoms with E-state index in [0.717, 1.165) is 6.26 Å². The molecular formula is C10H15N3O4S. The van der Waals surface area contributed by atoms with Gasteiger partial charge < -0.3 is 9.67 Å². The van der Waals surface area contributed by atoms with Crippen LogP contribution < -0.4 is 0 Å². The Morgan fingerprint density at radius 1 is 1.50 bits per heavy atom. The van der Waals surface area contributed by atoms with Crippen LogP contribution in [0.25, 0.3) is 0 Å². The molecule has 2 heterocycles. The Morgan fingerprint density at radius 3 is 2.72 bits per heavy atom. The topological polar surface area (TPSA) is 102 Å². The Labute approximate surface area is 105 Å². The predicted octanol–water partition coefficient (Wildman–Crippen LogP) is 0.0307. The van der Waals surface area contributed by atoms with Gasteiger partial charge in [-0.2, -0.15) is 0 Å². The molecule has 0 saturated carbocycles. The van der Waals surface area contributed by atoms with Crippen LogP contribution >= 0.6 is 0 Å². The van der Waals surface area contributed by atoms with Gasteiger partial charge in [0.25, 0.3) is 0 Å². The molecule has 0 fully saturated rings. The number of carbonyl (C=O) groups is 1. The molecule has 1 aromatic rings. The molecule has 1 aromatic heterocycles. The van der Waals surface area contributed by atoms with E-state index >= 15 is 0 Å². The van der Waals surface area contributed by atoms with Crippen LogP contribution in [-0.2, 0) is 27.6 Å². The predicted molar refractivity (Wildman–Crippen MR) is 62.7 cm³/mol. The molecule has 0 aromatic carbocycles. The summed E-state index contributed by atoms with van der Waals surface area (Å²) < 4.78 is 24.7. The third-order valence-corrected chi connectivity index (χ3v) is 4.83. The normalized spacial score (nSPS) is 21.3. The summed E-state index contributed by atoms with van der Waals surface area (Å²) >= 11 is 0. The van der Waals surface area contributed by atoms with Gasteiger partial charge in [-0.05, 0) is 13.3 Å². The lowest BCUT2D eigenvalue weighted by molar-refractivity contribution is -0.142. The molecule has 18 heavy (non-hydrogen) atoms. The van der Waals surface area contributed by atoms with Gasteiger partial charge in [-0.3, -0.25) is 4.79 Å². The molecule has 0 spiro atoms. The van der Waals surface area contributed by atoms with Gasteiger partial charge in [0.2, 0.25) is 0 Å². The van der Waals surface area contributed by atoms with E-state index in [1.54, 1.807) is 4.57 Å². The molecule has 7 nitrogen and oxygen atoms in total. The van der Waals surface area contributed by atoms with E-state index in [1.165, 1.54) is 6.92 Å². The minimum atomic E-state index is -3.27. The number of nitrogens with zero attached hydrogens (tertiary/aromatic N) is 3. The van der Waals surface area contributed by atoms with Crippen LogP contribution in [0.3, 0.4) is 0 Å². The Bertz CT molecular complexity index is 578. The summed E-state index contributed by atoms with van der Waals surface area (Å²) in [4.78, 5) is 11.0. The van der Waals surface area contributed by atoms with Gasteiger partial charge in [0.1, 0.15) is 11.1 Å². The Kier molecular flexibility index (Phi) is 3.14. The lowest BCUT2D eigenvalue weighted by Gasteiger charge is -2.22. The Hall–Kier alpha value is -1.44. The molecule has 2 atom stereocenters. The first-order chi connectivity index (χ1) is 8.30. The Balaban J connectivity index is 2.37. The van der Waals surface area contributed by atoms with Gasteiger partial charge >= 0.3 is 5.97 Å². The largest absolute Gasteiger partial charge is 0.481 e. The van der Waals surface area contributed by atoms with Crippen molar-refractivity contribution in [1.29, 1.82) is 0 Å². The van der Waals surface area contributed by atoms with E-state index in [2.05, 4.69) is 10.2 Å². The smallest absolute Gasteiger partial charge is 0.308 e. The molecule has 1 aliphatic rings. The third kappa shape index (κ3) is 2.24. The van der Waals surface area contributed by atoms with Crippen LogP contribution in [0, 0.1) is 5.92 Å². The molecule has 2 rings (SSSR count). The summed E-state index contributed by atoms with van der Waals surface area (Å²) in [6, 6.07) is 0. The van der Waals surface area contributed by atoms with Crippen molar-refractivity contribution in [1.82, 2.24) is 14.8 Å². The van der Waals surface area contributed by atoms with Crippen molar-refractivity contribution in [3.63, 3.8) is 0 Å². The number of rotatable bonds is 3. The molecule has 2 unspecified atom stereocenters. The molecule has 0 radical (unpaired) electrons. The van der Waals surface area contributed by atoms with Gasteiger partial charge in [0.05, 0.1) is 5.92 Å². The first-order valence-electron chi connectivity index (χ1n) is 5.64. The average Bonchev–Trinajstić information content (AvgIpc) is 2.68. The van der Waals surface area contributed by atoms with Gasteiger partial charge in [0, 0.05) is 19.2 Å². The lowest BCUT2D eigenvalue weighted by atomic mass is 9.99. The second kappa shape index (κ2) is 4.34. The molecule has 8 heteroatoms. The average molecular weight is 273 g/mol. The van der Waals surface area contributed by atoms with Crippen LogP contribution in [0.15, 0.2) is 0 Å². The van der Waals surface area contributed by atoms with Gasteiger partial charge in [-0.1, -0.05) is 0 Å². The van der Waals surface area contributed by atoms with E-state index < -0.39 is 27.0 Å². The first-order valence-corrected chi connectivity index (χ1v) is 7.59. The van der Waals surface area contributed by atoms with Crippen molar-refractivity contribution in [3.8, 4) is 0 Å². The van der Waals surface area contributed by atoms with Gasteiger partial charge in [-0.15, -0.1) is 10.2 Å². The summed E-state index contributed by atoms with van der Waals surface area (Å²) in [5, 5.41) is 16.1. The number of carboxylic acid groups (broad SMARTS) is 1.